The highest BCUT2D eigenvalue weighted by Crippen LogP contribution is 2.15. The summed E-state index contributed by atoms with van der Waals surface area (Å²) in [6.07, 6.45) is 12.5. The van der Waals surface area contributed by atoms with Gasteiger partial charge in [-0.25, -0.2) is 0 Å². The molecule has 0 aliphatic heterocycles. The Bertz CT molecular complexity index is 424. The van der Waals surface area contributed by atoms with Gasteiger partial charge in [0.1, 0.15) is 31.8 Å². The van der Waals surface area contributed by atoms with Gasteiger partial charge in [0, 0.05) is 12.4 Å². The minimum Gasteiger partial charge on any atom is -0.550 e. The fraction of sp³-hybridized carbons (Fsp3) is 0.773. The summed E-state index contributed by atoms with van der Waals surface area (Å²) in [5.41, 5.74) is 0. The van der Waals surface area contributed by atoms with Crippen molar-refractivity contribution in [3.63, 3.8) is 0 Å². The summed E-state index contributed by atoms with van der Waals surface area (Å²) in [6, 6.07) is 0. The molecule has 2 atom stereocenters. The highest BCUT2D eigenvalue weighted by atomic mass is 16.4. The van der Waals surface area contributed by atoms with Crippen molar-refractivity contribution in [2.24, 2.45) is 0 Å². The van der Waals surface area contributed by atoms with Crippen LogP contribution in [0.5, 0.6) is 0 Å². The lowest BCUT2D eigenvalue weighted by molar-refractivity contribution is -0.932. The molecular formula is C22H41NO5. The summed E-state index contributed by atoms with van der Waals surface area (Å²) in [7, 11) is 0. The molecule has 0 saturated heterocycles. The van der Waals surface area contributed by atoms with Crippen LogP contribution in [0.2, 0.25) is 0 Å². The fourth-order valence-electron chi connectivity index (χ4n) is 3.39. The molecular weight excluding hydrogens is 358 g/mol. The number of hydrogen-bond donors (Lipinski definition) is 3. The van der Waals surface area contributed by atoms with Crippen LogP contribution in [0.15, 0.2) is 24.3 Å². The number of carbonyl (C=O) groups excluding carboxylic acids is 1. The first-order valence-electron chi connectivity index (χ1n) is 10.7. The number of nitrogens with zero attached hydrogens (tertiary/aromatic N) is 1. The summed E-state index contributed by atoms with van der Waals surface area (Å²) < 4.78 is 0.266. The third-order valence-electron chi connectivity index (χ3n) is 4.90. The Hall–Kier alpha value is -1.21. The molecule has 0 aliphatic carbocycles. The largest absolute Gasteiger partial charge is 0.550 e. The van der Waals surface area contributed by atoms with Gasteiger partial charge in [0.25, 0.3) is 0 Å². The molecule has 0 amide bonds. The van der Waals surface area contributed by atoms with E-state index in [1.165, 1.54) is 0 Å². The SMILES string of the molecule is CCCC/C=C/C(O)C[N+](CCO)(CCCC(=O)[O-])CC(O)/C=C/CCCC. The fourth-order valence-corrected chi connectivity index (χ4v) is 3.39. The van der Waals surface area contributed by atoms with Gasteiger partial charge in [-0.1, -0.05) is 63.8 Å². The average molecular weight is 400 g/mol. The second-order valence-corrected chi connectivity index (χ2v) is 7.63. The van der Waals surface area contributed by atoms with Crippen molar-refractivity contribution in [3.8, 4) is 0 Å². The van der Waals surface area contributed by atoms with Crippen LogP contribution in [0.4, 0.5) is 0 Å². The van der Waals surface area contributed by atoms with Crippen LogP contribution >= 0.6 is 0 Å². The molecule has 0 fully saturated rings. The predicted molar refractivity (Wildman–Crippen MR) is 110 cm³/mol. The summed E-state index contributed by atoms with van der Waals surface area (Å²) in [6.45, 7) is 5.59. The molecule has 6 nitrogen and oxygen atoms in total. The molecule has 0 aliphatic rings. The molecule has 0 aromatic carbocycles. The third-order valence-corrected chi connectivity index (χ3v) is 4.90. The molecule has 6 heteroatoms. The first kappa shape index (κ1) is 26.8. The van der Waals surface area contributed by atoms with Gasteiger partial charge < -0.3 is 29.7 Å². The van der Waals surface area contributed by atoms with E-state index >= 15 is 0 Å². The van der Waals surface area contributed by atoms with Crippen LogP contribution in [0.1, 0.15) is 65.2 Å². The quantitative estimate of drug-likeness (QED) is 0.184. The molecule has 0 aromatic heterocycles. The van der Waals surface area contributed by atoms with E-state index in [1.807, 2.05) is 12.2 Å². The highest BCUT2D eigenvalue weighted by molar-refractivity contribution is 5.64. The molecule has 2 unspecified atom stereocenters. The van der Waals surface area contributed by atoms with Crippen LogP contribution < -0.4 is 5.11 Å². The first-order chi connectivity index (χ1) is 13.4. The van der Waals surface area contributed by atoms with E-state index in [1.54, 1.807) is 12.2 Å². The number of aliphatic hydroxyl groups is 3. The van der Waals surface area contributed by atoms with Crippen molar-refractivity contribution in [1.29, 1.82) is 0 Å². The van der Waals surface area contributed by atoms with Crippen molar-refractivity contribution >= 4 is 5.97 Å². The minimum atomic E-state index is -1.11. The van der Waals surface area contributed by atoms with Gasteiger partial charge in [-0.15, -0.1) is 0 Å². The van der Waals surface area contributed by atoms with Crippen LogP contribution in [0.25, 0.3) is 0 Å². The number of quaternary nitrogens is 1. The molecule has 0 spiro atoms. The number of hydrogen-bond acceptors (Lipinski definition) is 5. The van der Waals surface area contributed by atoms with Crippen molar-refractivity contribution in [2.45, 2.75) is 77.4 Å². The third kappa shape index (κ3) is 13.9. The number of carboxylic acids is 1. The van der Waals surface area contributed by atoms with E-state index in [9.17, 15) is 25.2 Å². The Kier molecular flexibility index (Phi) is 16.0. The van der Waals surface area contributed by atoms with Gasteiger partial charge in [-0.05, 0) is 19.3 Å². The zero-order valence-electron chi connectivity index (χ0n) is 17.8. The maximum Gasteiger partial charge on any atom is 0.121 e. The number of carbonyl (C=O) groups is 1. The van der Waals surface area contributed by atoms with E-state index in [4.69, 9.17) is 0 Å². The van der Waals surface area contributed by atoms with Crippen LogP contribution in [-0.4, -0.2) is 70.8 Å². The summed E-state index contributed by atoms with van der Waals surface area (Å²) in [4.78, 5) is 10.8. The van der Waals surface area contributed by atoms with Crippen molar-refractivity contribution in [2.75, 3.05) is 32.8 Å². The van der Waals surface area contributed by atoms with E-state index in [0.717, 1.165) is 38.5 Å². The zero-order valence-corrected chi connectivity index (χ0v) is 17.8. The maximum atomic E-state index is 10.8. The predicted octanol–water partition coefficient (Wildman–Crippen LogP) is 1.54. The van der Waals surface area contributed by atoms with Crippen molar-refractivity contribution < 1.29 is 29.7 Å². The number of aliphatic carboxylic acids is 1. The molecule has 0 bridgehead atoms. The lowest BCUT2D eigenvalue weighted by Crippen LogP contribution is -2.57. The summed E-state index contributed by atoms with van der Waals surface area (Å²) in [5.74, 6) is -1.11. The Morgan fingerprint density at radius 2 is 1.43 bits per heavy atom. The normalized spacial score (nSPS) is 16.5. The van der Waals surface area contributed by atoms with Crippen LogP contribution in [0, 0.1) is 0 Å². The number of aliphatic hydroxyl groups excluding tert-OH is 3. The average Bonchev–Trinajstić information content (AvgIpc) is 2.62. The molecule has 0 rings (SSSR count). The molecule has 0 aromatic rings. The summed E-state index contributed by atoms with van der Waals surface area (Å²) >= 11 is 0. The van der Waals surface area contributed by atoms with E-state index < -0.39 is 18.2 Å². The lowest BCUT2D eigenvalue weighted by atomic mass is 10.1. The Morgan fingerprint density at radius 1 is 0.929 bits per heavy atom. The van der Waals surface area contributed by atoms with Crippen LogP contribution in [0.3, 0.4) is 0 Å². The number of carboxylic acid groups (broad SMARTS) is 1. The zero-order chi connectivity index (χ0) is 21.3. The Balaban J connectivity index is 5.12. The second kappa shape index (κ2) is 16.7. The topological polar surface area (TPSA) is 101 Å². The van der Waals surface area contributed by atoms with Gasteiger partial charge in [0.05, 0.1) is 13.2 Å². The molecule has 0 radical (unpaired) electrons. The van der Waals surface area contributed by atoms with Gasteiger partial charge in [-0.2, -0.15) is 0 Å². The minimum absolute atomic E-state index is 0.0731. The maximum absolute atomic E-state index is 10.8. The lowest BCUT2D eigenvalue weighted by Gasteiger charge is -2.40. The van der Waals surface area contributed by atoms with Crippen molar-refractivity contribution in [3.05, 3.63) is 24.3 Å². The Labute approximate surface area is 170 Å². The van der Waals surface area contributed by atoms with E-state index in [0.29, 0.717) is 32.6 Å². The second-order valence-electron chi connectivity index (χ2n) is 7.63. The van der Waals surface area contributed by atoms with Gasteiger partial charge >= 0.3 is 0 Å². The molecule has 0 heterocycles. The monoisotopic (exact) mass is 399 g/mol. The highest BCUT2D eigenvalue weighted by Gasteiger charge is 2.31. The number of rotatable bonds is 18. The van der Waals surface area contributed by atoms with E-state index in [-0.39, 0.29) is 17.5 Å². The molecule has 3 N–H and O–H groups in total. The van der Waals surface area contributed by atoms with Crippen molar-refractivity contribution in [1.82, 2.24) is 0 Å². The van der Waals surface area contributed by atoms with Gasteiger partial charge in [0.2, 0.25) is 0 Å². The van der Waals surface area contributed by atoms with E-state index in [2.05, 4.69) is 13.8 Å². The number of unbranched alkanes of at least 4 members (excludes halogenated alkanes) is 4. The first-order valence-corrected chi connectivity index (χ1v) is 10.7. The van der Waals surface area contributed by atoms with Gasteiger partial charge in [-0.3, -0.25) is 0 Å². The smallest absolute Gasteiger partial charge is 0.121 e. The molecule has 0 saturated carbocycles. The Morgan fingerprint density at radius 3 is 1.82 bits per heavy atom. The van der Waals surface area contributed by atoms with Crippen LogP contribution in [-0.2, 0) is 4.79 Å². The molecule has 164 valence electrons. The standard InChI is InChI=1S/C22H41NO5/c1-3-5-7-9-12-20(25)18-23(16-17-24,15-11-14-22(27)28)19-21(26)13-10-8-6-4-2/h9-10,12-13,20-21,24-26H,3-8,11,14-19H2,1-2H3/b12-9+,13-10+. The summed E-state index contributed by atoms with van der Waals surface area (Å²) in [5, 5.41) is 41.3. The van der Waals surface area contributed by atoms with Gasteiger partial charge in [0.15, 0.2) is 0 Å². The number of allylic oxidation sites excluding steroid dienone is 2. The molecule has 28 heavy (non-hydrogen) atoms.